The molecule has 0 aromatic heterocycles. The van der Waals surface area contributed by atoms with E-state index in [1.54, 1.807) is 0 Å². The minimum Gasteiger partial charge on any atom is -0.0938 e. The highest BCUT2D eigenvalue weighted by Gasteiger charge is 2.23. The van der Waals surface area contributed by atoms with Crippen molar-refractivity contribution in [1.82, 2.24) is 0 Å². The molecule has 0 radical (unpaired) electrons. The van der Waals surface area contributed by atoms with Crippen LogP contribution in [0.25, 0.3) is 0 Å². The van der Waals surface area contributed by atoms with Gasteiger partial charge in [-0.2, -0.15) is 0 Å². The summed E-state index contributed by atoms with van der Waals surface area (Å²) in [7, 11) is 12.5. The van der Waals surface area contributed by atoms with E-state index in [2.05, 4.69) is 116 Å². The zero-order chi connectivity index (χ0) is 30.6. The van der Waals surface area contributed by atoms with E-state index in [4.69, 9.17) is 0 Å². The molecule has 6 heteroatoms. The van der Waals surface area contributed by atoms with Crippen LogP contribution in [0.3, 0.4) is 0 Å². The topological polar surface area (TPSA) is 0 Å². The van der Waals surface area contributed by atoms with E-state index >= 15 is 0 Å². The summed E-state index contributed by atoms with van der Waals surface area (Å²) in [4.78, 5) is 0. The predicted molar refractivity (Wildman–Crippen MR) is 208 cm³/mol. The Morgan fingerprint density at radius 1 is 0.415 bits per heavy atom. The highest BCUT2D eigenvalue weighted by atomic mass is 33.1. The third-order valence-corrected chi connectivity index (χ3v) is 16.6. The first-order chi connectivity index (χ1) is 19.2. The molecule has 0 bridgehead atoms. The maximum Gasteiger partial charge on any atom is 0.0164 e. The first-order valence-corrected chi connectivity index (χ1v) is 24.2. The van der Waals surface area contributed by atoms with Crippen LogP contribution in [0.1, 0.15) is 171 Å². The average Bonchev–Trinajstić information content (AvgIpc) is 3.63. The van der Waals surface area contributed by atoms with Crippen LogP contribution in [-0.2, 0) is 0 Å². The summed E-state index contributed by atoms with van der Waals surface area (Å²) < 4.78 is 0. The molecule has 41 heavy (non-hydrogen) atoms. The first-order valence-electron chi connectivity index (χ1n) is 17.1. The van der Waals surface area contributed by atoms with Crippen molar-refractivity contribution in [2.45, 2.75) is 187 Å². The first kappa shape index (κ1) is 41.1. The molecule has 0 nitrogen and oxygen atoms in total. The normalized spacial score (nSPS) is 23.2. The summed E-state index contributed by atoms with van der Waals surface area (Å²) in [6.45, 7) is 21.1. The van der Waals surface area contributed by atoms with Crippen LogP contribution in [0.15, 0.2) is 0 Å². The molecular weight excluding hydrogens is 613 g/mol. The van der Waals surface area contributed by atoms with Gasteiger partial charge in [0.05, 0.1) is 0 Å². The Balaban J connectivity index is 0.000000328. The molecular formula is C35H70S6. The van der Waals surface area contributed by atoms with Gasteiger partial charge in [-0.3, -0.25) is 0 Å². The summed E-state index contributed by atoms with van der Waals surface area (Å²) in [6.07, 6.45) is 24.5. The fraction of sp³-hybridized carbons (Fsp3) is 1.00. The van der Waals surface area contributed by atoms with Gasteiger partial charge in [-0.05, 0) is 67.6 Å². The maximum absolute atomic E-state index is 2.36. The van der Waals surface area contributed by atoms with Crippen molar-refractivity contribution in [3.05, 3.63) is 0 Å². The third kappa shape index (κ3) is 28.1. The molecule has 246 valence electrons. The molecule has 3 saturated heterocycles. The standard InChI is InChI=1S/C17H34S2.C10H20S2.C8H16S2/c1-17(2,3)14-11-9-7-5-4-6-8-10-12-16-13-15-18-19-16;1-10(2,3)7-4-5-9-6-8-11-12-9;1-8(2,3)6-7-4-5-9-10-7/h16H,4-15H2,1-3H3;9H,4-8H2,1-3H3;7H,4-6H2,1-3H3. The van der Waals surface area contributed by atoms with E-state index in [9.17, 15) is 0 Å². The molecule has 0 saturated carbocycles. The van der Waals surface area contributed by atoms with Crippen molar-refractivity contribution in [3.8, 4) is 0 Å². The van der Waals surface area contributed by atoms with Gasteiger partial charge in [-0.25, -0.2) is 0 Å². The summed E-state index contributed by atoms with van der Waals surface area (Å²) in [6, 6.07) is 0. The molecule has 0 aliphatic carbocycles. The van der Waals surface area contributed by atoms with Gasteiger partial charge >= 0.3 is 0 Å². The number of unbranched alkanes of at least 4 members (excludes halogenated alkanes) is 7. The Bertz CT molecular complexity index is 585. The maximum atomic E-state index is 2.36. The molecule has 3 fully saturated rings. The van der Waals surface area contributed by atoms with Crippen molar-refractivity contribution in [1.29, 1.82) is 0 Å². The summed E-state index contributed by atoms with van der Waals surface area (Å²) in [5.41, 5.74) is 1.61. The van der Waals surface area contributed by atoms with Gasteiger partial charge in [0.15, 0.2) is 0 Å². The zero-order valence-electron chi connectivity index (χ0n) is 28.8. The van der Waals surface area contributed by atoms with E-state index in [1.165, 1.54) is 126 Å². The van der Waals surface area contributed by atoms with Crippen LogP contribution in [0.2, 0.25) is 0 Å². The summed E-state index contributed by atoms with van der Waals surface area (Å²) in [5, 5.41) is 2.89. The smallest absolute Gasteiger partial charge is 0.0164 e. The van der Waals surface area contributed by atoms with Crippen molar-refractivity contribution >= 4 is 64.8 Å². The molecule has 3 unspecified atom stereocenters. The van der Waals surface area contributed by atoms with Crippen molar-refractivity contribution in [2.24, 2.45) is 16.2 Å². The van der Waals surface area contributed by atoms with Crippen LogP contribution in [0.5, 0.6) is 0 Å². The zero-order valence-corrected chi connectivity index (χ0v) is 33.7. The Hall–Kier alpha value is 2.10. The molecule has 0 N–H and O–H groups in total. The highest BCUT2D eigenvalue weighted by molar-refractivity contribution is 8.78. The SMILES string of the molecule is CC(C)(C)CC1CCSS1.CC(C)(C)CCCC1CCSS1.CC(C)(C)CCCCCCCCCCC1CCSS1. The summed E-state index contributed by atoms with van der Waals surface area (Å²) in [5.74, 6) is 4.14. The predicted octanol–water partition coefficient (Wildman–Crippen LogP) is 15.0. The van der Waals surface area contributed by atoms with Gasteiger partial charge in [0.1, 0.15) is 0 Å². The second-order valence-electron chi connectivity index (χ2n) is 16.1. The van der Waals surface area contributed by atoms with Crippen molar-refractivity contribution < 1.29 is 0 Å². The lowest BCUT2D eigenvalue weighted by molar-refractivity contribution is 0.356. The number of rotatable bonds is 14. The lowest BCUT2D eigenvalue weighted by Gasteiger charge is -2.21. The fourth-order valence-electron chi connectivity index (χ4n) is 5.27. The van der Waals surface area contributed by atoms with Gasteiger partial charge in [0.25, 0.3) is 0 Å². The molecule has 0 amide bonds. The Morgan fingerprint density at radius 2 is 0.780 bits per heavy atom. The van der Waals surface area contributed by atoms with Gasteiger partial charge in [-0.15, -0.1) is 0 Å². The average molecular weight is 683 g/mol. The van der Waals surface area contributed by atoms with Crippen LogP contribution in [0, 0.1) is 16.2 Å². The van der Waals surface area contributed by atoms with Crippen molar-refractivity contribution in [3.63, 3.8) is 0 Å². The van der Waals surface area contributed by atoms with E-state index in [0.717, 1.165) is 15.7 Å². The molecule has 3 rings (SSSR count). The fourth-order valence-corrected chi connectivity index (χ4v) is 14.6. The lowest BCUT2D eigenvalue weighted by atomic mass is 9.89. The van der Waals surface area contributed by atoms with E-state index in [1.807, 2.05) is 10.8 Å². The van der Waals surface area contributed by atoms with Gasteiger partial charge in [-0.1, -0.05) is 185 Å². The van der Waals surface area contributed by atoms with E-state index in [0.29, 0.717) is 16.2 Å². The minimum absolute atomic E-state index is 0.530. The van der Waals surface area contributed by atoms with Crippen LogP contribution < -0.4 is 0 Å². The van der Waals surface area contributed by atoms with Gasteiger partial charge in [0.2, 0.25) is 0 Å². The molecule has 0 spiro atoms. The number of hydrogen-bond acceptors (Lipinski definition) is 6. The summed E-state index contributed by atoms with van der Waals surface area (Å²) >= 11 is 0. The van der Waals surface area contributed by atoms with Crippen LogP contribution >= 0.6 is 64.8 Å². The molecule has 3 heterocycles. The van der Waals surface area contributed by atoms with Gasteiger partial charge in [0, 0.05) is 33.0 Å². The molecule has 0 aromatic carbocycles. The Morgan fingerprint density at radius 3 is 1.17 bits per heavy atom. The van der Waals surface area contributed by atoms with E-state index in [-0.39, 0.29) is 0 Å². The quantitative estimate of drug-likeness (QED) is 0.131. The highest BCUT2D eigenvalue weighted by Crippen LogP contribution is 2.43. The largest absolute Gasteiger partial charge is 0.0938 e. The second-order valence-corrected chi connectivity index (χ2v) is 24.5. The second kappa shape index (κ2) is 23.4. The minimum atomic E-state index is 0.530. The molecule has 0 aromatic rings. The van der Waals surface area contributed by atoms with Crippen LogP contribution in [-0.4, -0.2) is 33.0 Å². The lowest BCUT2D eigenvalue weighted by Crippen LogP contribution is -2.12. The Kier molecular flexibility index (Phi) is 23.5. The van der Waals surface area contributed by atoms with Crippen LogP contribution in [0.4, 0.5) is 0 Å². The van der Waals surface area contributed by atoms with E-state index < -0.39 is 0 Å². The third-order valence-electron chi connectivity index (χ3n) is 7.68. The monoisotopic (exact) mass is 682 g/mol. The molecule has 3 aliphatic heterocycles. The van der Waals surface area contributed by atoms with Gasteiger partial charge < -0.3 is 0 Å². The van der Waals surface area contributed by atoms with Crippen molar-refractivity contribution in [2.75, 3.05) is 17.3 Å². The molecule has 3 atom stereocenters. The Labute approximate surface area is 283 Å². The number of hydrogen-bond donors (Lipinski definition) is 0. The molecule has 3 aliphatic rings.